The summed E-state index contributed by atoms with van der Waals surface area (Å²) in [5.41, 5.74) is 1.91. The van der Waals surface area contributed by atoms with Crippen LogP contribution in [-0.2, 0) is 16.1 Å². The molecule has 24 heavy (non-hydrogen) atoms. The molecule has 2 rings (SSSR count). The third-order valence-electron chi connectivity index (χ3n) is 4.10. The third kappa shape index (κ3) is 4.58. The zero-order valence-electron chi connectivity index (χ0n) is 14.3. The SMILES string of the molecule is CCCCNC(=O)[C@@H](CCC)NC(=O)c1ccc2c(c1)B(O)OC2. The Morgan fingerprint density at radius 1 is 1.33 bits per heavy atom. The summed E-state index contributed by atoms with van der Waals surface area (Å²) in [6, 6.07) is 4.54. The van der Waals surface area contributed by atoms with Gasteiger partial charge in [0.05, 0.1) is 6.61 Å². The first-order chi connectivity index (χ1) is 11.6. The normalized spacial score (nSPS) is 14.2. The molecule has 1 aliphatic rings. The van der Waals surface area contributed by atoms with E-state index in [1.165, 1.54) is 0 Å². The molecule has 0 fully saturated rings. The zero-order valence-corrected chi connectivity index (χ0v) is 14.3. The Morgan fingerprint density at radius 3 is 2.83 bits per heavy atom. The summed E-state index contributed by atoms with van der Waals surface area (Å²) in [7, 11) is -0.989. The molecule has 0 saturated carbocycles. The molecule has 130 valence electrons. The number of carbonyl (C=O) groups is 2. The fraction of sp³-hybridized carbons (Fsp3) is 0.529. The molecule has 0 bridgehead atoms. The highest BCUT2D eigenvalue weighted by Gasteiger charge is 2.28. The lowest BCUT2D eigenvalue weighted by Gasteiger charge is -2.18. The second kappa shape index (κ2) is 8.85. The van der Waals surface area contributed by atoms with Gasteiger partial charge >= 0.3 is 7.12 Å². The monoisotopic (exact) mass is 332 g/mol. The predicted molar refractivity (Wildman–Crippen MR) is 92.9 cm³/mol. The summed E-state index contributed by atoms with van der Waals surface area (Å²) in [5.74, 6) is -0.468. The first-order valence-corrected chi connectivity index (χ1v) is 8.57. The maximum Gasteiger partial charge on any atom is 0.491 e. The van der Waals surface area contributed by atoms with Gasteiger partial charge in [0.25, 0.3) is 5.91 Å². The fourth-order valence-electron chi connectivity index (χ4n) is 2.67. The van der Waals surface area contributed by atoms with E-state index in [0.29, 0.717) is 30.6 Å². The van der Waals surface area contributed by atoms with Crippen molar-refractivity contribution in [1.29, 1.82) is 0 Å². The van der Waals surface area contributed by atoms with Crippen molar-refractivity contribution in [2.45, 2.75) is 52.2 Å². The molecule has 2 amide bonds. The second-order valence-electron chi connectivity index (χ2n) is 6.04. The van der Waals surface area contributed by atoms with E-state index in [1.807, 2.05) is 6.92 Å². The van der Waals surface area contributed by atoms with Gasteiger partial charge in [0.15, 0.2) is 0 Å². The van der Waals surface area contributed by atoms with Gasteiger partial charge in [-0.05, 0) is 36.0 Å². The predicted octanol–water partition coefficient (Wildman–Crippen LogP) is 0.719. The van der Waals surface area contributed by atoms with Gasteiger partial charge in [0, 0.05) is 12.1 Å². The molecule has 0 radical (unpaired) electrons. The maximum absolute atomic E-state index is 12.5. The lowest BCUT2D eigenvalue weighted by molar-refractivity contribution is -0.123. The first-order valence-electron chi connectivity index (χ1n) is 8.57. The van der Waals surface area contributed by atoms with E-state index < -0.39 is 13.2 Å². The molecule has 7 heteroatoms. The molecule has 1 aromatic carbocycles. The van der Waals surface area contributed by atoms with E-state index in [2.05, 4.69) is 17.6 Å². The molecule has 1 aliphatic heterocycles. The van der Waals surface area contributed by atoms with Gasteiger partial charge in [-0.15, -0.1) is 0 Å². The quantitative estimate of drug-likeness (QED) is 0.484. The minimum Gasteiger partial charge on any atom is -0.423 e. The number of nitrogens with one attached hydrogen (secondary N) is 2. The van der Waals surface area contributed by atoms with Gasteiger partial charge in [-0.3, -0.25) is 9.59 Å². The van der Waals surface area contributed by atoms with E-state index in [9.17, 15) is 14.6 Å². The molecule has 0 unspecified atom stereocenters. The largest absolute Gasteiger partial charge is 0.491 e. The number of benzene rings is 1. The van der Waals surface area contributed by atoms with Crippen molar-refractivity contribution in [2.24, 2.45) is 0 Å². The van der Waals surface area contributed by atoms with Crippen LogP contribution in [0, 0.1) is 0 Å². The number of unbranched alkanes of at least 4 members (excludes halogenated alkanes) is 1. The Bertz CT molecular complexity index is 594. The van der Waals surface area contributed by atoms with Crippen LogP contribution in [0.15, 0.2) is 18.2 Å². The van der Waals surface area contributed by atoms with Crippen LogP contribution >= 0.6 is 0 Å². The molecule has 0 aliphatic carbocycles. The van der Waals surface area contributed by atoms with Gasteiger partial charge in [0.1, 0.15) is 6.04 Å². The number of amides is 2. The average molecular weight is 332 g/mol. The highest BCUT2D eigenvalue weighted by Crippen LogP contribution is 2.12. The van der Waals surface area contributed by atoms with Crippen LogP contribution in [0.2, 0.25) is 0 Å². The van der Waals surface area contributed by atoms with Crippen molar-refractivity contribution in [2.75, 3.05) is 6.54 Å². The Hall–Kier alpha value is -1.86. The highest BCUT2D eigenvalue weighted by molar-refractivity contribution is 6.61. The smallest absolute Gasteiger partial charge is 0.423 e. The van der Waals surface area contributed by atoms with Gasteiger partial charge in [-0.1, -0.05) is 32.8 Å². The van der Waals surface area contributed by atoms with Crippen LogP contribution in [0.3, 0.4) is 0 Å². The van der Waals surface area contributed by atoms with Crippen LogP contribution < -0.4 is 16.1 Å². The summed E-state index contributed by atoms with van der Waals surface area (Å²) in [6.07, 6.45) is 3.30. The van der Waals surface area contributed by atoms with Gasteiger partial charge in [-0.25, -0.2) is 0 Å². The van der Waals surface area contributed by atoms with Crippen molar-refractivity contribution in [3.63, 3.8) is 0 Å². The van der Waals surface area contributed by atoms with Gasteiger partial charge < -0.3 is 20.3 Å². The highest BCUT2D eigenvalue weighted by atomic mass is 16.5. The molecule has 0 spiro atoms. The summed E-state index contributed by atoms with van der Waals surface area (Å²) in [5, 5.41) is 15.4. The Labute approximate surface area is 143 Å². The summed E-state index contributed by atoms with van der Waals surface area (Å²) in [6.45, 7) is 5.00. The number of rotatable bonds is 8. The van der Waals surface area contributed by atoms with Crippen molar-refractivity contribution < 1.29 is 19.3 Å². The van der Waals surface area contributed by atoms with Gasteiger partial charge in [-0.2, -0.15) is 0 Å². The maximum atomic E-state index is 12.5. The molecule has 0 aromatic heterocycles. The zero-order chi connectivity index (χ0) is 17.5. The Morgan fingerprint density at radius 2 is 2.12 bits per heavy atom. The van der Waals surface area contributed by atoms with Crippen LogP contribution in [0.25, 0.3) is 0 Å². The van der Waals surface area contributed by atoms with Crippen LogP contribution in [0.1, 0.15) is 55.5 Å². The van der Waals surface area contributed by atoms with E-state index >= 15 is 0 Å². The van der Waals surface area contributed by atoms with E-state index in [1.54, 1.807) is 18.2 Å². The van der Waals surface area contributed by atoms with E-state index in [4.69, 9.17) is 4.65 Å². The topological polar surface area (TPSA) is 87.7 Å². The molecule has 3 N–H and O–H groups in total. The average Bonchev–Trinajstić information content (AvgIpc) is 2.95. The standard InChI is InChI=1S/C17H25BN2O4/c1-3-5-9-19-17(22)15(6-4-2)20-16(21)12-7-8-13-11-24-18(23)14(13)10-12/h7-8,10,15,23H,3-6,9,11H2,1-2H3,(H,19,22)(H,20,21)/t15-/m1/s1. The number of fused-ring (bicyclic) bond motifs is 1. The Kier molecular flexibility index (Phi) is 6.81. The van der Waals surface area contributed by atoms with Crippen LogP contribution in [0.4, 0.5) is 0 Å². The number of hydrogen-bond acceptors (Lipinski definition) is 4. The molecule has 1 aromatic rings. The fourth-order valence-corrected chi connectivity index (χ4v) is 2.67. The van der Waals surface area contributed by atoms with Crippen molar-refractivity contribution in [1.82, 2.24) is 10.6 Å². The Balaban J connectivity index is 2.02. The van der Waals surface area contributed by atoms with Crippen molar-refractivity contribution in [3.05, 3.63) is 29.3 Å². The summed E-state index contributed by atoms with van der Waals surface area (Å²) < 4.78 is 5.13. The first kappa shape index (κ1) is 18.5. The second-order valence-corrected chi connectivity index (χ2v) is 6.04. The van der Waals surface area contributed by atoms with Gasteiger partial charge in [0.2, 0.25) is 5.91 Å². The number of carbonyl (C=O) groups excluding carboxylic acids is 2. The van der Waals surface area contributed by atoms with Crippen molar-refractivity contribution >= 4 is 24.4 Å². The summed E-state index contributed by atoms with van der Waals surface area (Å²) >= 11 is 0. The van der Waals surface area contributed by atoms with Crippen molar-refractivity contribution in [3.8, 4) is 0 Å². The lowest BCUT2D eigenvalue weighted by Crippen LogP contribution is -2.47. The minimum atomic E-state index is -0.989. The molecule has 1 heterocycles. The molecule has 1 atom stereocenters. The molecule has 0 saturated heterocycles. The molecule has 6 nitrogen and oxygen atoms in total. The molecular formula is C17H25BN2O4. The lowest BCUT2D eigenvalue weighted by atomic mass is 9.78. The molecular weight excluding hydrogens is 307 g/mol. The third-order valence-corrected chi connectivity index (χ3v) is 4.10. The van der Waals surface area contributed by atoms with Crippen LogP contribution in [-0.4, -0.2) is 36.5 Å². The minimum absolute atomic E-state index is 0.150. The van der Waals surface area contributed by atoms with E-state index in [-0.39, 0.29) is 11.8 Å². The number of hydrogen-bond donors (Lipinski definition) is 3. The van der Waals surface area contributed by atoms with Crippen LogP contribution in [0.5, 0.6) is 0 Å². The summed E-state index contributed by atoms with van der Waals surface area (Å²) in [4.78, 5) is 24.7. The van der Waals surface area contributed by atoms with E-state index in [0.717, 1.165) is 24.8 Å².